The highest BCUT2D eigenvalue weighted by atomic mass is 32.1. The molecule has 134 valence electrons. The summed E-state index contributed by atoms with van der Waals surface area (Å²) in [7, 11) is 0. The molecule has 4 heterocycles. The van der Waals surface area contributed by atoms with Crippen LogP contribution in [-0.2, 0) is 0 Å². The van der Waals surface area contributed by atoms with Crippen LogP contribution in [0.5, 0.6) is 0 Å². The minimum absolute atomic E-state index is 0.0670. The van der Waals surface area contributed by atoms with Gasteiger partial charge in [-0.15, -0.1) is 0 Å². The van der Waals surface area contributed by atoms with E-state index >= 15 is 0 Å². The lowest BCUT2D eigenvalue weighted by molar-refractivity contribution is 0.0787. The van der Waals surface area contributed by atoms with Gasteiger partial charge in [0.05, 0.1) is 5.52 Å². The summed E-state index contributed by atoms with van der Waals surface area (Å²) in [6, 6.07) is 9.20. The second-order valence-electron chi connectivity index (χ2n) is 7.38. The average molecular weight is 366 g/mol. The fourth-order valence-corrected chi connectivity index (χ4v) is 4.87. The van der Waals surface area contributed by atoms with Gasteiger partial charge in [0.2, 0.25) is 0 Å². The van der Waals surface area contributed by atoms with E-state index in [-0.39, 0.29) is 11.9 Å². The van der Waals surface area contributed by atoms with E-state index in [0.717, 1.165) is 35.5 Å². The summed E-state index contributed by atoms with van der Waals surface area (Å²) in [6.07, 6.45) is 4.83. The zero-order chi connectivity index (χ0) is 17.5. The SMILES string of the molecule is O=C(N[C@@H]1CCCC2CCN2C1)c1n[nH]c2ccc(-c3ccsc3)cc12. The van der Waals surface area contributed by atoms with Crippen LogP contribution >= 0.6 is 11.3 Å². The Kier molecular flexibility index (Phi) is 4.02. The van der Waals surface area contributed by atoms with Gasteiger partial charge < -0.3 is 5.32 Å². The second kappa shape index (κ2) is 6.52. The van der Waals surface area contributed by atoms with Crippen molar-refractivity contribution >= 4 is 28.1 Å². The molecule has 2 N–H and O–H groups in total. The highest BCUT2D eigenvalue weighted by Gasteiger charge is 2.33. The number of amides is 1. The Morgan fingerprint density at radius 1 is 1.23 bits per heavy atom. The first-order valence-corrected chi connectivity index (χ1v) is 10.3. The Morgan fingerprint density at radius 3 is 3.00 bits per heavy atom. The molecule has 26 heavy (non-hydrogen) atoms. The molecule has 5 nitrogen and oxygen atoms in total. The number of aromatic nitrogens is 2. The van der Waals surface area contributed by atoms with Crippen LogP contribution in [0.3, 0.4) is 0 Å². The number of carbonyl (C=O) groups is 1. The second-order valence-corrected chi connectivity index (χ2v) is 8.16. The van der Waals surface area contributed by atoms with Crippen LogP contribution < -0.4 is 5.32 Å². The van der Waals surface area contributed by atoms with Gasteiger partial charge >= 0.3 is 0 Å². The van der Waals surface area contributed by atoms with Crippen molar-refractivity contribution in [3.05, 3.63) is 40.7 Å². The van der Waals surface area contributed by atoms with Crippen LogP contribution in [0.15, 0.2) is 35.0 Å². The van der Waals surface area contributed by atoms with Gasteiger partial charge in [0.15, 0.2) is 5.69 Å². The number of nitrogens with zero attached hydrogens (tertiary/aromatic N) is 2. The van der Waals surface area contributed by atoms with E-state index in [4.69, 9.17) is 0 Å². The smallest absolute Gasteiger partial charge is 0.272 e. The predicted octanol–water partition coefficient (Wildman–Crippen LogP) is 3.65. The Balaban J connectivity index is 1.39. The maximum Gasteiger partial charge on any atom is 0.272 e. The third kappa shape index (κ3) is 2.83. The average Bonchev–Trinajstić information content (AvgIpc) is 3.28. The maximum absolute atomic E-state index is 12.9. The van der Waals surface area contributed by atoms with E-state index in [1.165, 1.54) is 31.4 Å². The van der Waals surface area contributed by atoms with Crippen LogP contribution in [-0.4, -0.2) is 46.2 Å². The highest BCUT2D eigenvalue weighted by Crippen LogP contribution is 2.28. The minimum atomic E-state index is -0.0670. The summed E-state index contributed by atoms with van der Waals surface area (Å²) in [5.41, 5.74) is 3.70. The van der Waals surface area contributed by atoms with E-state index in [1.54, 1.807) is 11.3 Å². The van der Waals surface area contributed by atoms with Crippen molar-refractivity contribution in [1.29, 1.82) is 0 Å². The summed E-state index contributed by atoms with van der Waals surface area (Å²) in [4.78, 5) is 15.4. The highest BCUT2D eigenvalue weighted by molar-refractivity contribution is 7.08. The van der Waals surface area contributed by atoms with Gasteiger partial charge in [-0.1, -0.05) is 6.07 Å². The summed E-state index contributed by atoms with van der Waals surface area (Å²) < 4.78 is 0. The molecule has 1 unspecified atom stereocenters. The van der Waals surface area contributed by atoms with Gasteiger partial charge in [0.25, 0.3) is 5.91 Å². The molecule has 0 spiro atoms. The number of benzene rings is 1. The van der Waals surface area contributed by atoms with Crippen LogP contribution in [0.2, 0.25) is 0 Å². The van der Waals surface area contributed by atoms with Crippen molar-refractivity contribution in [2.45, 2.75) is 37.8 Å². The van der Waals surface area contributed by atoms with Crippen molar-refractivity contribution < 1.29 is 4.79 Å². The molecular formula is C20H22N4OS. The first kappa shape index (κ1) is 16.0. The largest absolute Gasteiger partial charge is 0.347 e. The number of fused-ring (bicyclic) bond motifs is 2. The quantitative estimate of drug-likeness (QED) is 0.744. The zero-order valence-electron chi connectivity index (χ0n) is 14.6. The summed E-state index contributed by atoms with van der Waals surface area (Å²) >= 11 is 1.68. The van der Waals surface area contributed by atoms with Crippen molar-refractivity contribution in [2.24, 2.45) is 0 Å². The third-order valence-electron chi connectivity index (χ3n) is 5.78. The number of hydrogen-bond acceptors (Lipinski definition) is 4. The molecule has 2 aliphatic rings. The Labute approximate surface area is 156 Å². The number of nitrogens with one attached hydrogen (secondary N) is 2. The predicted molar refractivity (Wildman–Crippen MR) is 104 cm³/mol. The molecule has 1 aromatic carbocycles. The van der Waals surface area contributed by atoms with Gasteiger partial charge in [-0.25, -0.2) is 0 Å². The Hall–Kier alpha value is -2.18. The topological polar surface area (TPSA) is 61.0 Å². The molecule has 2 fully saturated rings. The number of aromatic amines is 1. The molecule has 3 aromatic rings. The number of rotatable bonds is 3. The normalized spacial score (nSPS) is 23.2. The van der Waals surface area contributed by atoms with Crippen molar-refractivity contribution in [1.82, 2.24) is 20.4 Å². The number of H-pyrrole nitrogens is 1. The van der Waals surface area contributed by atoms with Gasteiger partial charge in [-0.05, 0) is 72.3 Å². The van der Waals surface area contributed by atoms with Crippen LogP contribution in [0.1, 0.15) is 36.2 Å². The van der Waals surface area contributed by atoms with Crippen LogP contribution in [0.4, 0.5) is 0 Å². The van der Waals surface area contributed by atoms with E-state index in [9.17, 15) is 4.79 Å². The van der Waals surface area contributed by atoms with Crippen LogP contribution in [0.25, 0.3) is 22.0 Å². The summed E-state index contributed by atoms with van der Waals surface area (Å²) in [6.45, 7) is 2.14. The Morgan fingerprint density at radius 2 is 2.19 bits per heavy atom. The molecular weight excluding hydrogens is 344 g/mol. The van der Waals surface area contributed by atoms with Gasteiger partial charge in [-0.2, -0.15) is 16.4 Å². The van der Waals surface area contributed by atoms with Crippen LogP contribution in [0, 0.1) is 0 Å². The molecule has 1 amide bonds. The van der Waals surface area contributed by atoms with Gasteiger partial charge in [0.1, 0.15) is 0 Å². The lowest BCUT2D eigenvalue weighted by atomic mass is 10.00. The van der Waals surface area contributed by atoms with E-state index < -0.39 is 0 Å². The zero-order valence-corrected chi connectivity index (χ0v) is 15.4. The summed E-state index contributed by atoms with van der Waals surface area (Å²) in [5.74, 6) is -0.0670. The fourth-order valence-electron chi connectivity index (χ4n) is 4.20. The lowest BCUT2D eigenvalue weighted by Gasteiger charge is -2.40. The molecule has 0 aliphatic carbocycles. The summed E-state index contributed by atoms with van der Waals surface area (Å²) in [5, 5.41) is 15.6. The molecule has 5 rings (SSSR count). The molecule has 6 heteroatoms. The van der Waals surface area contributed by atoms with Gasteiger partial charge in [0, 0.05) is 24.0 Å². The number of thiophene rings is 1. The first-order valence-electron chi connectivity index (χ1n) is 9.33. The number of hydrogen-bond donors (Lipinski definition) is 2. The fraction of sp³-hybridized carbons (Fsp3) is 0.400. The van der Waals surface area contributed by atoms with Crippen molar-refractivity contribution in [3.8, 4) is 11.1 Å². The molecule has 2 saturated heterocycles. The van der Waals surface area contributed by atoms with E-state index in [1.807, 2.05) is 6.07 Å². The molecule has 2 atom stereocenters. The molecule has 2 aromatic heterocycles. The van der Waals surface area contributed by atoms with Gasteiger partial charge in [-0.3, -0.25) is 14.8 Å². The van der Waals surface area contributed by atoms with E-state index in [0.29, 0.717) is 5.69 Å². The maximum atomic E-state index is 12.9. The standard InChI is InChI=1S/C20H22N4OS/c25-20(21-15-2-1-3-16-6-8-24(16)11-15)19-17-10-13(14-7-9-26-12-14)4-5-18(17)22-23-19/h4-5,7,9-10,12,15-16H,1-3,6,8,11H2,(H,21,25)(H,22,23)/t15-,16?/m1/s1. The Bertz CT molecular complexity index is 933. The lowest BCUT2D eigenvalue weighted by Crippen LogP contribution is -2.52. The molecule has 2 aliphatic heterocycles. The minimum Gasteiger partial charge on any atom is -0.347 e. The van der Waals surface area contributed by atoms with E-state index in [2.05, 4.69) is 49.4 Å². The van der Waals surface area contributed by atoms with Crippen molar-refractivity contribution in [2.75, 3.05) is 13.1 Å². The molecule has 0 saturated carbocycles. The first-order chi connectivity index (χ1) is 12.8. The molecule has 0 radical (unpaired) electrons. The monoisotopic (exact) mass is 366 g/mol. The molecule has 0 bridgehead atoms. The number of carbonyl (C=O) groups excluding carboxylic acids is 1. The third-order valence-corrected chi connectivity index (χ3v) is 6.46. The van der Waals surface area contributed by atoms with Crippen molar-refractivity contribution in [3.63, 3.8) is 0 Å².